The molecule has 0 saturated heterocycles. The van der Waals surface area contributed by atoms with E-state index < -0.39 is 41.3 Å². The monoisotopic (exact) mass is 447 g/mol. The zero-order valence-corrected chi connectivity index (χ0v) is 17.2. The molecule has 2 aromatic rings. The van der Waals surface area contributed by atoms with Gasteiger partial charge in [-0.15, -0.1) is 12.6 Å². The quantitative estimate of drug-likeness (QED) is 0.400. The lowest BCUT2D eigenvalue weighted by molar-refractivity contribution is -0.138. The van der Waals surface area contributed by atoms with Crippen molar-refractivity contribution in [3.05, 3.63) is 76.6 Å². The molecule has 3 rings (SSSR count). The van der Waals surface area contributed by atoms with Gasteiger partial charge in [0, 0.05) is 17.3 Å². The number of halogens is 1. The highest BCUT2D eigenvalue weighted by Crippen LogP contribution is 2.33. The third-order valence-electron chi connectivity index (χ3n) is 4.36. The molecule has 0 aliphatic carbocycles. The van der Waals surface area contributed by atoms with Crippen LogP contribution in [0.3, 0.4) is 0 Å². The molecule has 0 radical (unpaired) electrons. The minimum Gasteiger partial charge on any atom is -0.494 e. The number of anilines is 1. The van der Waals surface area contributed by atoms with Crippen LogP contribution in [0.4, 0.5) is 5.69 Å². The Bertz CT molecular complexity index is 997. The summed E-state index contributed by atoms with van der Waals surface area (Å²) < 4.78 is 0. The largest absolute Gasteiger partial charge is 0.494 e. The van der Waals surface area contributed by atoms with Crippen molar-refractivity contribution in [2.75, 3.05) is 11.4 Å². The summed E-state index contributed by atoms with van der Waals surface area (Å²) in [5, 5.41) is 22.2. The standard InChI is InChI=1S/C20H18ClN3O5S/c21-13-6-8-14(9-7-13)24-19(29)16(17(27)22-10-15(25)26)18(28)23(20(24)30)11-12-4-2-1-3-5-12/h1-9,20,29-30H,10-11H2,(H,22,27)(H,25,26). The van der Waals surface area contributed by atoms with Crippen molar-refractivity contribution in [1.82, 2.24) is 10.2 Å². The van der Waals surface area contributed by atoms with Crippen molar-refractivity contribution in [3.8, 4) is 0 Å². The predicted molar refractivity (Wildman–Crippen MR) is 114 cm³/mol. The highest BCUT2D eigenvalue weighted by Gasteiger charge is 2.41. The van der Waals surface area contributed by atoms with Crippen LogP contribution in [0.25, 0.3) is 0 Å². The van der Waals surface area contributed by atoms with Crippen molar-refractivity contribution in [2.24, 2.45) is 0 Å². The fourth-order valence-electron chi connectivity index (χ4n) is 2.95. The van der Waals surface area contributed by atoms with E-state index in [1.54, 1.807) is 24.3 Å². The molecule has 10 heteroatoms. The average molecular weight is 448 g/mol. The van der Waals surface area contributed by atoms with E-state index in [9.17, 15) is 19.5 Å². The van der Waals surface area contributed by atoms with E-state index >= 15 is 0 Å². The molecule has 1 unspecified atom stereocenters. The molecule has 8 nitrogen and oxygen atoms in total. The number of amides is 2. The number of rotatable bonds is 6. The molecule has 2 aromatic carbocycles. The Labute approximate surface area is 182 Å². The van der Waals surface area contributed by atoms with Gasteiger partial charge >= 0.3 is 5.97 Å². The zero-order valence-electron chi connectivity index (χ0n) is 15.5. The number of aliphatic hydroxyl groups is 1. The van der Waals surface area contributed by atoms with Gasteiger partial charge in [-0.1, -0.05) is 41.9 Å². The number of carboxylic acids is 1. The summed E-state index contributed by atoms with van der Waals surface area (Å²) >= 11 is 10.4. The van der Waals surface area contributed by atoms with Crippen molar-refractivity contribution < 1.29 is 24.6 Å². The number of aliphatic carboxylic acids is 1. The van der Waals surface area contributed by atoms with Crippen LogP contribution in [0.15, 0.2) is 66.1 Å². The van der Waals surface area contributed by atoms with Crippen LogP contribution in [0.1, 0.15) is 5.56 Å². The molecule has 0 fully saturated rings. The first kappa shape index (κ1) is 21.5. The Morgan fingerprint density at radius 3 is 2.33 bits per heavy atom. The highest BCUT2D eigenvalue weighted by molar-refractivity contribution is 7.81. The molecule has 156 valence electrons. The van der Waals surface area contributed by atoms with Gasteiger partial charge in [-0.25, -0.2) is 0 Å². The number of hydrogen-bond donors (Lipinski definition) is 4. The molecular formula is C20H18ClN3O5S. The summed E-state index contributed by atoms with van der Waals surface area (Å²) in [7, 11) is 0. The maximum atomic E-state index is 13.1. The van der Waals surface area contributed by atoms with E-state index in [4.69, 9.17) is 16.7 Å². The van der Waals surface area contributed by atoms with Gasteiger partial charge in [0.15, 0.2) is 11.1 Å². The smallest absolute Gasteiger partial charge is 0.322 e. The Hall–Kier alpha value is -3.17. The number of aliphatic hydroxyl groups excluding tert-OH is 1. The topological polar surface area (TPSA) is 110 Å². The highest BCUT2D eigenvalue weighted by atomic mass is 35.5. The van der Waals surface area contributed by atoms with E-state index in [1.165, 1.54) is 9.80 Å². The number of carbonyl (C=O) groups is 3. The summed E-state index contributed by atoms with van der Waals surface area (Å²) in [6.45, 7) is -0.590. The summed E-state index contributed by atoms with van der Waals surface area (Å²) in [6, 6.07) is 15.4. The number of carbonyl (C=O) groups excluding carboxylic acids is 2. The van der Waals surface area contributed by atoms with Crippen LogP contribution in [0.2, 0.25) is 5.02 Å². The van der Waals surface area contributed by atoms with Gasteiger partial charge in [0.05, 0.1) is 0 Å². The lowest BCUT2D eigenvalue weighted by Gasteiger charge is -2.41. The molecule has 0 aromatic heterocycles. The van der Waals surface area contributed by atoms with Gasteiger partial charge in [-0.2, -0.15) is 0 Å². The molecular weight excluding hydrogens is 430 g/mol. The molecule has 1 heterocycles. The van der Waals surface area contributed by atoms with Crippen LogP contribution in [-0.2, 0) is 20.9 Å². The lowest BCUT2D eigenvalue weighted by atomic mass is 10.1. The molecule has 30 heavy (non-hydrogen) atoms. The van der Waals surface area contributed by atoms with Gasteiger partial charge in [-0.05, 0) is 29.8 Å². The Morgan fingerprint density at radius 1 is 1.10 bits per heavy atom. The van der Waals surface area contributed by atoms with E-state index in [0.717, 1.165) is 5.56 Å². The van der Waals surface area contributed by atoms with Crippen molar-refractivity contribution in [2.45, 2.75) is 12.0 Å². The average Bonchev–Trinajstić information content (AvgIpc) is 2.72. The van der Waals surface area contributed by atoms with Gasteiger partial charge < -0.3 is 20.4 Å². The van der Waals surface area contributed by atoms with Crippen LogP contribution in [0, 0.1) is 0 Å². The lowest BCUT2D eigenvalue weighted by Crippen LogP contribution is -2.55. The molecule has 2 amide bonds. The Balaban J connectivity index is 2.04. The summed E-state index contributed by atoms with van der Waals surface area (Å²) in [4.78, 5) is 39.0. The minimum atomic E-state index is -1.28. The molecule has 3 N–H and O–H groups in total. The summed E-state index contributed by atoms with van der Waals surface area (Å²) in [5.41, 5.74) is -0.291. The number of thiol groups is 1. The van der Waals surface area contributed by atoms with Crippen LogP contribution >= 0.6 is 24.2 Å². The van der Waals surface area contributed by atoms with Gasteiger partial charge in [0.2, 0.25) is 5.88 Å². The van der Waals surface area contributed by atoms with E-state index in [0.29, 0.717) is 10.7 Å². The molecule has 0 saturated carbocycles. The SMILES string of the molecule is O=C(O)CNC(=O)C1=C(O)N(c2ccc(Cl)cc2)C(S)N(Cc2ccccc2)C1=O. The molecule has 1 aliphatic rings. The summed E-state index contributed by atoms with van der Waals surface area (Å²) in [5.74, 6) is -3.69. The second kappa shape index (κ2) is 9.10. The van der Waals surface area contributed by atoms with Crippen LogP contribution in [-0.4, -0.2) is 44.9 Å². The maximum absolute atomic E-state index is 13.1. The summed E-state index contributed by atoms with van der Waals surface area (Å²) in [6.07, 6.45) is 0. The van der Waals surface area contributed by atoms with Crippen LogP contribution in [0.5, 0.6) is 0 Å². The molecule has 1 atom stereocenters. The van der Waals surface area contributed by atoms with Crippen LogP contribution < -0.4 is 10.2 Å². The third-order valence-corrected chi connectivity index (χ3v) is 5.13. The fraction of sp³-hybridized carbons (Fsp3) is 0.150. The van der Waals surface area contributed by atoms with E-state index in [2.05, 4.69) is 17.9 Å². The Kier molecular flexibility index (Phi) is 6.53. The minimum absolute atomic E-state index is 0.112. The number of nitrogens with zero attached hydrogens (tertiary/aromatic N) is 2. The molecule has 1 aliphatic heterocycles. The van der Waals surface area contributed by atoms with Gasteiger partial charge in [0.25, 0.3) is 11.8 Å². The van der Waals surface area contributed by atoms with Crippen molar-refractivity contribution in [3.63, 3.8) is 0 Å². The predicted octanol–water partition coefficient (Wildman–Crippen LogP) is 2.37. The van der Waals surface area contributed by atoms with Gasteiger partial charge in [-0.3, -0.25) is 19.3 Å². The Morgan fingerprint density at radius 2 is 1.73 bits per heavy atom. The second-order valence-corrected chi connectivity index (χ2v) is 7.28. The van der Waals surface area contributed by atoms with Crippen molar-refractivity contribution >= 4 is 47.7 Å². The first-order valence-electron chi connectivity index (χ1n) is 8.80. The number of benzene rings is 2. The van der Waals surface area contributed by atoms with Gasteiger partial charge in [0.1, 0.15) is 6.54 Å². The van der Waals surface area contributed by atoms with E-state index in [-0.39, 0.29) is 6.54 Å². The number of carboxylic acid groups (broad SMARTS) is 1. The second-order valence-electron chi connectivity index (χ2n) is 6.39. The molecule has 0 bridgehead atoms. The zero-order chi connectivity index (χ0) is 21.8. The fourth-order valence-corrected chi connectivity index (χ4v) is 3.50. The van der Waals surface area contributed by atoms with Crippen molar-refractivity contribution in [1.29, 1.82) is 0 Å². The number of nitrogens with one attached hydrogen (secondary N) is 1. The number of hydrogen-bond acceptors (Lipinski definition) is 6. The molecule has 0 spiro atoms. The first-order valence-corrected chi connectivity index (χ1v) is 9.70. The maximum Gasteiger partial charge on any atom is 0.322 e. The first-order chi connectivity index (χ1) is 14.3. The normalized spacial score (nSPS) is 16.6. The third kappa shape index (κ3) is 4.52. The van der Waals surface area contributed by atoms with E-state index in [1.807, 2.05) is 30.3 Å².